The highest BCUT2D eigenvalue weighted by Crippen LogP contribution is 2.31. The highest BCUT2D eigenvalue weighted by Gasteiger charge is 2.14. The standard InChI is InChI=1S/C14H9BrClN3S/c15-12-10(16)7-4-8-11(12)19-13(17-18-14(19)20)9-5-2-1-3-6-9/h1-8H,(H,18,20). The van der Waals surface area contributed by atoms with Crippen molar-refractivity contribution < 1.29 is 0 Å². The summed E-state index contributed by atoms with van der Waals surface area (Å²) in [6.45, 7) is 0. The highest BCUT2D eigenvalue weighted by atomic mass is 79.9. The Hall–Kier alpha value is -1.43. The molecule has 1 heterocycles. The molecule has 3 nitrogen and oxygen atoms in total. The van der Waals surface area contributed by atoms with E-state index in [0.29, 0.717) is 9.79 Å². The Kier molecular flexibility index (Phi) is 3.74. The molecule has 0 saturated carbocycles. The van der Waals surface area contributed by atoms with Crippen LogP contribution in [0.4, 0.5) is 0 Å². The van der Waals surface area contributed by atoms with Crippen molar-refractivity contribution in [1.82, 2.24) is 14.8 Å². The molecule has 3 aromatic rings. The highest BCUT2D eigenvalue weighted by molar-refractivity contribution is 9.10. The van der Waals surface area contributed by atoms with E-state index >= 15 is 0 Å². The average Bonchev–Trinajstić information content (AvgIpc) is 2.85. The molecule has 20 heavy (non-hydrogen) atoms. The van der Waals surface area contributed by atoms with E-state index in [9.17, 15) is 0 Å². The van der Waals surface area contributed by atoms with Crippen molar-refractivity contribution in [3.63, 3.8) is 0 Å². The zero-order valence-corrected chi connectivity index (χ0v) is 13.3. The molecule has 1 N–H and O–H groups in total. The summed E-state index contributed by atoms with van der Waals surface area (Å²) < 4.78 is 3.17. The SMILES string of the molecule is S=c1[nH]nc(-c2ccccc2)n1-c1cccc(Cl)c1Br. The van der Waals surface area contributed by atoms with E-state index in [1.54, 1.807) is 0 Å². The van der Waals surface area contributed by atoms with Crippen molar-refractivity contribution in [2.24, 2.45) is 0 Å². The molecule has 0 spiro atoms. The van der Waals surface area contributed by atoms with Gasteiger partial charge in [0.2, 0.25) is 0 Å². The van der Waals surface area contributed by atoms with E-state index in [1.165, 1.54) is 0 Å². The van der Waals surface area contributed by atoms with Gasteiger partial charge in [0.15, 0.2) is 10.6 Å². The van der Waals surface area contributed by atoms with Crippen molar-refractivity contribution in [2.45, 2.75) is 0 Å². The number of nitrogens with one attached hydrogen (secondary N) is 1. The summed E-state index contributed by atoms with van der Waals surface area (Å²) in [6, 6.07) is 15.5. The number of nitrogens with zero attached hydrogens (tertiary/aromatic N) is 2. The molecule has 0 aliphatic rings. The molecule has 0 aliphatic carbocycles. The number of aromatic nitrogens is 3. The minimum Gasteiger partial charge on any atom is -0.267 e. The minimum absolute atomic E-state index is 0.520. The summed E-state index contributed by atoms with van der Waals surface area (Å²) in [7, 11) is 0. The predicted molar refractivity (Wildman–Crippen MR) is 86.9 cm³/mol. The number of hydrogen-bond acceptors (Lipinski definition) is 2. The van der Waals surface area contributed by atoms with Gasteiger partial charge in [-0.25, -0.2) is 0 Å². The fraction of sp³-hybridized carbons (Fsp3) is 0. The maximum atomic E-state index is 6.16. The van der Waals surface area contributed by atoms with Crippen molar-refractivity contribution in [3.05, 3.63) is 62.8 Å². The third-order valence-corrected chi connectivity index (χ3v) is 4.53. The molecule has 0 bridgehead atoms. The van der Waals surface area contributed by atoms with Crippen molar-refractivity contribution >= 4 is 39.7 Å². The molecule has 0 amide bonds. The second-order valence-electron chi connectivity index (χ2n) is 4.13. The molecular formula is C14H9BrClN3S. The maximum absolute atomic E-state index is 6.16. The molecule has 0 fully saturated rings. The van der Waals surface area contributed by atoms with Crippen LogP contribution in [0.15, 0.2) is 53.0 Å². The van der Waals surface area contributed by atoms with Gasteiger partial charge in [-0.1, -0.05) is 48.0 Å². The van der Waals surface area contributed by atoms with E-state index in [-0.39, 0.29) is 0 Å². The Labute approximate surface area is 134 Å². The van der Waals surface area contributed by atoms with Crippen LogP contribution in [-0.2, 0) is 0 Å². The van der Waals surface area contributed by atoms with Gasteiger partial charge in [-0.2, -0.15) is 5.10 Å². The summed E-state index contributed by atoms with van der Waals surface area (Å²) in [6.07, 6.45) is 0. The molecule has 1 aromatic heterocycles. The van der Waals surface area contributed by atoms with Gasteiger partial charge in [0.25, 0.3) is 0 Å². The molecule has 0 unspecified atom stereocenters. The van der Waals surface area contributed by atoms with Crippen LogP contribution in [0.5, 0.6) is 0 Å². The summed E-state index contributed by atoms with van der Waals surface area (Å²) in [4.78, 5) is 0. The first-order valence-corrected chi connectivity index (χ1v) is 7.43. The van der Waals surface area contributed by atoms with Crippen LogP contribution in [0, 0.1) is 4.77 Å². The topological polar surface area (TPSA) is 33.6 Å². The van der Waals surface area contributed by atoms with Gasteiger partial charge in [-0.05, 0) is 40.3 Å². The number of aromatic amines is 1. The second-order valence-corrected chi connectivity index (χ2v) is 5.71. The van der Waals surface area contributed by atoms with Crippen LogP contribution in [0.3, 0.4) is 0 Å². The monoisotopic (exact) mass is 365 g/mol. The molecule has 100 valence electrons. The Morgan fingerprint density at radius 2 is 1.85 bits per heavy atom. The summed E-state index contributed by atoms with van der Waals surface area (Å²) >= 11 is 15.0. The minimum atomic E-state index is 0.520. The Balaban J connectivity index is 2.28. The van der Waals surface area contributed by atoms with Gasteiger partial charge in [0.05, 0.1) is 15.2 Å². The zero-order chi connectivity index (χ0) is 14.1. The van der Waals surface area contributed by atoms with E-state index < -0.39 is 0 Å². The third-order valence-electron chi connectivity index (χ3n) is 2.88. The molecule has 0 radical (unpaired) electrons. The van der Waals surface area contributed by atoms with Gasteiger partial charge in [-0.15, -0.1) is 0 Å². The fourth-order valence-electron chi connectivity index (χ4n) is 1.97. The van der Waals surface area contributed by atoms with Gasteiger partial charge in [0.1, 0.15) is 0 Å². The van der Waals surface area contributed by atoms with E-state index in [2.05, 4.69) is 26.1 Å². The normalized spacial score (nSPS) is 10.7. The van der Waals surface area contributed by atoms with Gasteiger partial charge >= 0.3 is 0 Å². The molecule has 0 atom stereocenters. The zero-order valence-electron chi connectivity index (χ0n) is 10.2. The lowest BCUT2D eigenvalue weighted by atomic mass is 10.2. The van der Waals surface area contributed by atoms with Gasteiger partial charge < -0.3 is 0 Å². The smallest absolute Gasteiger partial charge is 0.200 e. The van der Waals surface area contributed by atoms with Crippen molar-refractivity contribution in [2.75, 3.05) is 0 Å². The van der Waals surface area contributed by atoms with Crippen LogP contribution >= 0.6 is 39.7 Å². The molecular weight excluding hydrogens is 358 g/mol. The van der Waals surface area contributed by atoms with Gasteiger partial charge in [-0.3, -0.25) is 9.67 Å². The average molecular weight is 367 g/mol. The van der Waals surface area contributed by atoms with Crippen LogP contribution < -0.4 is 0 Å². The van der Waals surface area contributed by atoms with Gasteiger partial charge in [0, 0.05) is 5.56 Å². The van der Waals surface area contributed by atoms with Crippen LogP contribution in [0.25, 0.3) is 17.1 Å². The summed E-state index contributed by atoms with van der Waals surface area (Å²) in [5.74, 6) is 0.749. The lowest BCUT2D eigenvalue weighted by Gasteiger charge is -2.10. The van der Waals surface area contributed by atoms with E-state index in [0.717, 1.165) is 21.5 Å². The van der Waals surface area contributed by atoms with Crippen molar-refractivity contribution in [3.8, 4) is 17.1 Å². The Morgan fingerprint density at radius 1 is 1.10 bits per heavy atom. The fourth-order valence-corrected chi connectivity index (χ4v) is 2.81. The molecule has 0 saturated heterocycles. The summed E-state index contributed by atoms with van der Waals surface area (Å²) in [5, 5.41) is 7.78. The van der Waals surface area contributed by atoms with Crippen LogP contribution in [0.2, 0.25) is 5.02 Å². The molecule has 6 heteroatoms. The molecule has 3 rings (SSSR count). The largest absolute Gasteiger partial charge is 0.267 e. The number of H-pyrrole nitrogens is 1. The number of hydrogen-bond donors (Lipinski definition) is 1. The molecule has 2 aromatic carbocycles. The lowest BCUT2D eigenvalue weighted by molar-refractivity contribution is 1.03. The van der Waals surface area contributed by atoms with Crippen LogP contribution in [0.1, 0.15) is 0 Å². The van der Waals surface area contributed by atoms with Crippen molar-refractivity contribution in [1.29, 1.82) is 0 Å². The first kappa shape index (κ1) is 13.5. The van der Waals surface area contributed by atoms with E-state index in [1.807, 2.05) is 53.1 Å². The Morgan fingerprint density at radius 3 is 2.60 bits per heavy atom. The predicted octanol–water partition coefficient (Wildman–Crippen LogP) is 5.01. The number of rotatable bonds is 2. The lowest BCUT2D eigenvalue weighted by Crippen LogP contribution is -1.99. The van der Waals surface area contributed by atoms with Crippen LogP contribution in [-0.4, -0.2) is 14.8 Å². The van der Waals surface area contributed by atoms with E-state index in [4.69, 9.17) is 23.8 Å². The summed E-state index contributed by atoms with van der Waals surface area (Å²) in [5.41, 5.74) is 1.84. The number of benzene rings is 2. The third kappa shape index (κ3) is 2.32. The number of halogens is 2. The first-order valence-electron chi connectivity index (χ1n) is 5.85. The quantitative estimate of drug-likeness (QED) is 0.647. The molecule has 0 aliphatic heterocycles. The maximum Gasteiger partial charge on any atom is 0.200 e. The first-order chi connectivity index (χ1) is 9.68. The Bertz CT molecular complexity index is 811. The second kappa shape index (κ2) is 5.52.